The summed E-state index contributed by atoms with van der Waals surface area (Å²) in [6.45, 7) is 2.02. The van der Waals surface area contributed by atoms with Crippen molar-refractivity contribution in [3.63, 3.8) is 0 Å². The molecule has 0 bridgehead atoms. The second-order valence-corrected chi connectivity index (χ2v) is 3.76. The number of carbonyl (C=O) groups excluding carboxylic acids is 1. The highest BCUT2D eigenvalue weighted by Gasteiger charge is 2.38. The van der Waals surface area contributed by atoms with Gasteiger partial charge in [-0.2, -0.15) is 13.2 Å². The van der Waals surface area contributed by atoms with Crippen molar-refractivity contribution >= 4 is 16.9 Å². The molecule has 0 aliphatic rings. The molecule has 0 aromatic heterocycles. The summed E-state index contributed by atoms with van der Waals surface area (Å²) in [4.78, 5) is 10.3. The van der Waals surface area contributed by atoms with E-state index in [1.165, 1.54) is 0 Å². The molecule has 0 heterocycles. The quantitative estimate of drug-likeness (QED) is 0.652. The zero-order valence-electron chi connectivity index (χ0n) is 7.49. The van der Waals surface area contributed by atoms with Crippen LogP contribution in [0.15, 0.2) is 0 Å². The molecular formula is C8H13F3OS. The summed E-state index contributed by atoms with van der Waals surface area (Å²) in [6.07, 6.45) is -1.04. The van der Waals surface area contributed by atoms with E-state index in [2.05, 4.69) is 0 Å². The van der Waals surface area contributed by atoms with Gasteiger partial charge in [0, 0.05) is 5.75 Å². The summed E-state index contributed by atoms with van der Waals surface area (Å²) in [5.41, 5.74) is 0. The van der Waals surface area contributed by atoms with Crippen LogP contribution in [-0.2, 0) is 4.79 Å². The normalized spacial score (nSPS) is 11.7. The third-order valence-electron chi connectivity index (χ3n) is 1.46. The minimum Gasteiger partial charge on any atom is -0.277 e. The molecule has 0 amide bonds. The van der Waals surface area contributed by atoms with E-state index >= 15 is 0 Å². The third-order valence-corrected chi connectivity index (χ3v) is 2.45. The largest absolute Gasteiger partial charge is 0.460 e. The van der Waals surface area contributed by atoms with Gasteiger partial charge in [-0.05, 0) is 6.42 Å². The van der Waals surface area contributed by atoms with E-state index < -0.39 is 11.3 Å². The smallest absolute Gasteiger partial charge is 0.277 e. The van der Waals surface area contributed by atoms with Crippen molar-refractivity contribution in [2.75, 3.05) is 5.75 Å². The number of unbranched alkanes of at least 4 members (excludes halogenated alkanes) is 3. The lowest BCUT2D eigenvalue weighted by atomic mass is 10.2. The molecule has 0 aliphatic heterocycles. The maximum atomic E-state index is 11.7. The summed E-state index contributed by atoms with van der Waals surface area (Å²) in [5, 5.41) is -1.68. The van der Waals surface area contributed by atoms with Gasteiger partial charge in [-0.25, -0.2) is 0 Å². The lowest BCUT2D eigenvalue weighted by Gasteiger charge is -2.03. The first-order chi connectivity index (χ1) is 5.98. The Bertz CT molecular complexity index is 156. The van der Waals surface area contributed by atoms with E-state index in [0.29, 0.717) is 18.2 Å². The highest BCUT2D eigenvalue weighted by atomic mass is 32.2. The molecule has 0 saturated heterocycles. The Kier molecular flexibility index (Phi) is 6.20. The predicted octanol–water partition coefficient (Wildman–Crippen LogP) is 3.39. The maximum absolute atomic E-state index is 11.7. The van der Waals surface area contributed by atoms with Gasteiger partial charge in [-0.15, -0.1) is 0 Å². The Morgan fingerprint density at radius 3 is 2.31 bits per heavy atom. The van der Waals surface area contributed by atoms with Crippen LogP contribution in [0.2, 0.25) is 0 Å². The highest BCUT2D eigenvalue weighted by molar-refractivity contribution is 8.13. The Hall–Kier alpha value is -0.190. The average molecular weight is 214 g/mol. The van der Waals surface area contributed by atoms with Crippen LogP contribution in [0, 0.1) is 0 Å². The molecule has 0 atom stereocenters. The highest BCUT2D eigenvalue weighted by Crippen LogP contribution is 2.23. The number of hydrogen-bond acceptors (Lipinski definition) is 2. The first-order valence-corrected chi connectivity index (χ1v) is 5.21. The van der Waals surface area contributed by atoms with Crippen LogP contribution in [0.1, 0.15) is 32.6 Å². The van der Waals surface area contributed by atoms with Gasteiger partial charge in [0.05, 0.1) is 0 Å². The van der Waals surface area contributed by atoms with E-state index in [1.54, 1.807) is 0 Å². The number of rotatable bonds is 5. The van der Waals surface area contributed by atoms with Gasteiger partial charge in [0.15, 0.2) is 0 Å². The minimum absolute atomic E-state index is 0.276. The molecule has 0 unspecified atom stereocenters. The zero-order chi connectivity index (χ0) is 10.3. The lowest BCUT2D eigenvalue weighted by molar-refractivity contribution is -0.160. The van der Waals surface area contributed by atoms with Crippen LogP contribution in [0.4, 0.5) is 13.2 Å². The van der Waals surface area contributed by atoms with Crippen molar-refractivity contribution in [3.05, 3.63) is 0 Å². The Labute approximate surface area is 80.1 Å². The molecule has 78 valence electrons. The van der Waals surface area contributed by atoms with E-state index in [1.807, 2.05) is 6.92 Å². The molecule has 5 heteroatoms. The lowest BCUT2D eigenvalue weighted by Crippen LogP contribution is -2.19. The summed E-state index contributed by atoms with van der Waals surface area (Å²) in [6, 6.07) is 0. The van der Waals surface area contributed by atoms with Gasteiger partial charge in [-0.1, -0.05) is 37.9 Å². The first kappa shape index (κ1) is 12.8. The van der Waals surface area contributed by atoms with Crippen molar-refractivity contribution in [2.45, 2.75) is 38.8 Å². The van der Waals surface area contributed by atoms with Crippen LogP contribution in [0.25, 0.3) is 0 Å². The molecule has 0 aliphatic carbocycles. The van der Waals surface area contributed by atoms with E-state index in [0.717, 1.165) is 19.3 Å². The first-order valence-electron chi connectivity index (χ1n) is 4.22. The maximum Gasteiger partial charge on any atom is 0.460 e. The molecule has 0 fully saturated rings. The standard InChI is InChI=1S/C8H13F3OS/c1-2-3-4-5-6-13-7(12)8(9,10)11/h2-6H2,1H3. The van der Waals surface area contributed by atoms with Crippen LogP contribution in [-0.4, -0.2) is 17.0 Å². The predicted molar refractivity (Wildman–Crippen MR) is 47.7 cm³/mol. The molecule has 1 nitrogen and oxygen atoms in total. The fraction of sp³-hybridized carbons (Fsp3) is 0.875. The van der Waals surface area contributed by atoms with Crippen LogP contribution in [0.5, 0.6) is 0 Å². The molecule has 0 radical (unpaired) electrons. The topological polar surface area (TPSA) is 17.1 Å². The fourth-order valence-corrected chi connectivity index (χ4v) is 1.47. The molecule has 0 aromatic rings. The van der Waals surface area contributed by atoms with Crippen LogP contribution >= 0.6 is 11.8 Å². The number of alkyl halides is 3. The van der Waals surface area contributed by atoms with E-state index in [-0.39, 0.29) is 5.75 Å². The fourth-order valence-electron chi connectivity index (χ4n) is 0.776. The van der Waals surface area contributed by atoms with Crippen LogP contribution in [0.3, 0.4) is 0 Å². The monoisotopic (exact) mass is 214 g/mol. The number of thioether (sulfide) groups is 1. The van der Waals surface area contributed by atoms with E-state index in [4.69, 9.17) is 0 Å². The number of carbonyl (C=O) groups is 1. The van der Waals surface area contributed by atoms with Crippen molar-refractivity contribution in [2.24, 2.45) is 0 Å². The van der Waals surface area contributed by atoms with Crippen molar-refractivity contribution in [1.82, 2.24) is 0 Å². The third kappa shape index (κ3) is 6.93. The number of hydrogen-bond donors (Lipinski definition) is 0. The van der Waals surface area contributed by atoms with Gasteiger partial charge in [0.25, 0.3) is 5.12 Å². The summed E-state index contributed by atoms with van der Waals surface area (Å²) < 4.78 is 35.0. The average Bonchev–Trinajstić information content (AvgIpc) is 2.02. The molecule has 0 N–H and O–H groups in total. The Balaban J connectivity index is 3.38. The van der Waals surface area contributed by atoms with Gasteiger partial charge < -0.3 is 0 Å². The summed E-state index contributed by atoms with van der Waals surface area (Å²) in [5.74, 6) is 0.276. The molecule has 0 saturated carbocycles. The van der Waals surface area contributed by atoms with Crippen molar-refractivity contribution in [1.29, 1.82) is 0 Å². The van der Waals surface area contributed by atoms with Crippen LogP contribution < -0.4 is 0 Å². The van der Waals surface area contributed by atoms with Crippen molar-refractivity contribution < 1.29 is 18.0 Å². The number of halogens is 3. The van der Waals surface area contributed by atoms with Crippen molar-refractivity contribution in [3.8, 4) is 0 Å². The van der Waals surface area contributed by atoms with Gasteiger partial charge >= 0.3 is 6.18 Å². The summed E-state index contributed by atoms with van der Waals surface area (Å²) >= 11 is 0.370. The Morgan fingerprint density at radius 2 is 1.85 bits per heavy atom. The Morgan fingerprint density at radius 1 is 1.23 bits per heavy atom. The minimum atomic E-state index is -4.67. The molecule has 0 aromatic carbocycles. The molecule has 0 rings (SSSR count). The van der Waals surface area contributed by atoms with Gasteiger partial charge in [0.1, 0.15) is 0 Å². The SMILES string of the molecule is CCCCCCSC(=O)C(F)(F)F. The van der Waals surface area contributed by atoms with Gasteiger partial charge in [0.2, 0.25) is 0 Å². The second kappa shape index (κ2) is 6.29. The zero-order valence-corrected chi connectivity index (χ0v) is 8.30. The van der Waals surface area contributed by atoms with Gasteiger partial charge in [-0.3, -0.25) is 4.79 Å². The van der Waals surface area contributed by atoms with E-state index in [9.17, 15) is 18.0 Å². The second-order valence-electron chi connectivity index (χ2n) is 2.69. The summed E-state index contributed by atoms with van der Waals surface area (Å²) in [7, 11) is 0. The molecule has 13 heavy (non-hydrogen) atoms. The molecule has 0 spiro atoms. The molecular weight excluding hydrogens is 201 g/mol.